The lowest BCUT2D eigenvalue weighted by molar-refractivity contribution is 0.0600. The molecule has 3 aromatic heterocycles. The van der Waals surface area contributed by atoms with Crippen LogP contribution in [0.25, 0.3) is 17.2 Å². The monoisotopic (exact) mass is 261 g/mol. The number of esters is 1. The molecule has 3 rings (SSSR count). The Morgan fingerprint density at radius 2 is 2.22 bits per heavy atom. The maximum atomic E-state index is 11.5. The zero-order valence-corrected chi connectivity index (χ0v) is 10.1. The predicted octanol–water partition coefficient (Wildman–Crippen LogP) is 1.03. The first kappa shape index (κ1) is 10.8. The van der Waals surface area contributed by atoms with Crippen molar-refractivity contribution >= 4 is 23.1 Å². The molecule has 0 saturated heterocycles. The Morgan fingerprint density at radius 1 is 1.33 bits per heavy atom. The minimum absolute atomic E-state index is 0.409. The summed E-state index contributed by atoms with van der Waals surface area (Å²) in [6.45, 7) is 0. The summed E-state index contributed by atoms with van der Waals surface area (Å²) in [6.07, 6.45) is 1.62. The Balaban J connectivity index is 2.19. The molecule has 0 unspecified atom stereocenters. The number of aromatic nitrogens is 5. The zero-order valence-electron chi connectivity index (χ0n) is 9.27. The normalized spacial score (nSPS) is 10.7. The molecular formula is C10H7N5O2S. The van der Waals surface area contributed by atoms with Crippen molar-refractivity contribution in [1.82, 2.24) is 24.2 Å². The van der Waals surface area contributed by atoms with Gasteiger partial charge in [0.2, 0.25) is 0 Å². The van der Waals surface area contributed by atoms with Crippen molar-refractivity contribution in [3.8, 4) is 11.5 Å². The first-order chi connectivity index (χ1) is 8.79. The highest BCUT2D eigenvalue weighted by molar-refractivity contribution is 7.03. The van der Waals surface area contributed by atoms with Gasteiger partial charge in [0.25, 0.3) is 0 Å². The average Bonchev–Trinajstić information content (AvgIpc) is 3.05. The zero-order chi connectivity index (χ0) is 12.5. The van der Waals surface area contributed by atoms with Crippen LogP contribution in [0.3, 0.4) is 0 Å². The average molecular weight is 261 g/mol. The molecule has 90 valence electrons. The van der Waals surface area contributed by atoms with Crippen molar-refractivity contribution in [3.05, 3.63) is 29.3 Å². The molecule has 0 amide bonds. The van der Waals surface area contributed by atoms with Crippen LogP contribution in [0.2, 0.25) is 0 Å². The van der Waals surface area contributed by atoms with Crippen LogP contribution in [0.4, 0.5) is 0 Å². The Morgan fingerprint density at radius 3 is 2.94 bits per heavy atom. The third-order valence-corrected chi connectivity index (χ3v) is 2.92. The summed E-state index contributed by atoms with van der Waals surface area (Å²) < 4.78 is 10.1. The van der Waals surface area contributed by atoms with Crippen LogP contribution in [0.1, 0.15) is 10.4 Å². The first-order valence-electron chi connectivity index (χ1n) is 5.00. The highest BCUT2D eigenvalue weighted by atomic mass is 32.1. The van der Waals surface area contributed by atoms with Crippen LogP contribution < -0.4 is 0 Å². The smallest absolute Gasteiger partial charge is 0.339 e. The Hall–Kier alpha value is -2.35. The van der Waals surface area contributed by atoms with E-state index in [1.54, 1.807) is 28.1 Å². The van der Waals surface area contributed by atoms with Gasteiger partial charge in [0, 0.05) is 11.6 Å². The largest absolute Gasteiger partial charge is 0.465 e. The Bertz CT molecular complexity index is 706. The minimum atomic E-state index is -0.409. The fourth-order valence-corrected chi connectivity index (χ4v) is 2.00. The second kappa shape index (κ2) is 4.15. The molecule has 0 fully saturated rings. The van der Waals surface area contributed by atoms with Gasteiger partial charge in [-0.1, -0.05) is 4.49 Å². The summed E-state index contributed by atoms with van der Waals surface area (Å²) in [5, 5.41) is 13.7. The topological polar surface area (TPSA) is 82.3 Å². The SMILES string of the molecule is COC(=O)c1ccc2nnc(-c3csnn3)n2c1. The van der Waals surface area contributed by atoms with Crippen molar-refractivity contribution in [1.29, 1.82) is 0 Å². The highest BCUT2D eigenvalue weighted by Gasteiger charge is 2.13. The standard InChI is InChI=1S/C10H7N5O2S/c1-17-10(16)6-2-3-8-12-13-9(15(8)4-6)7-5-18-14-11-7/h2-5H,1H3. The lowest BCUT2D eigenvalue weighted by Gasteiger charge is -2.00. The lowest BCUT2D eigenvalue weighted by atomic mass is 10.3. The summed E-state index contributed by atoms with van der Waals surface area (Å²) in [5.41, 5.74) is 1.68. The number of fused-ring (bicyclic) bond motifs is 1. The van der Waals surface area contributed by atoms with Crippen molar-refractivity contribution in [2.75, 3.05) is 7.11 Å². The Kier molecular flexibility index (Phi) is 2.49. The molecule has 8 heteroatoms. The summed E-state index contributed by atoms with van der Waals surface area (Å²) in [6, 6.07) is 3.33. The molecule has 18 heavy (non-hydrogen) atoms. The van der Waals surface area contributed by atoms with Gasteiger partial charge in [-0.15, -0.1) is 15.3 Å². The van der Waals surface area contributed by atoms with Crippen molar-refractivity contribution in [2.45, 2.75) is 0 Å². The molecular weight excluding hydrogens is 254 g/mol. The van der Waals surface area contributed by atoms with Crippen LogP contribution in [0.15, 0.2) is 23.7 Å². The van der Waals surface area contributed by atoms with E-state index in [2.05, 4.69) is 24.5 Å². The molecule has 3 heterocycles. The van der Waals surface area contributed by atoms with E-state index in [1.165, 1.54) is 18.6 Å². The molecule has 0 aliphatic heterocycles. The van der Waals surface area contributed by atoms with Crippen LogP contribution in [0, 0.1) is 0 Å². The molecule has 0 aromatic carbocycles. The van der Waals surface area contributed by atoms with Gasteiger partial charge in [-0.2, -0.15) is 0 Å². The van der Waals surface area contributed by atoms with E-state index in [9.17, 15) is 4.79 Å². The van der Waals surface area contributed by atoms with Gasteiger partial charge >= 0.3 is 5.97 Å². The summed E-state index contributed by atoms with van der Waals surface area (Å²) >= 11 is 1.23. The van der Waals surface area contributed by atoms with Gasteiger partial charge in [-0.25, -0.2) is 4.79 Å². The molecule has 0 N–H and O–H groups in total. The number of carbonyl (C=O) groups excluding carboxylic acids is 1. The van der Waals surface area contributed by atoms with Crippen LogP contribution in [-0.4, -0.2) is 37.3 Å². The fraction of sp³-hybridized carbons (Fsp3) is 0.100. The van der Waals surface area contributed by atoms with E-state index in [1.807, 2.05) is 0 Å². The third kappa shape index (κ3) is 1.63. The van der Waals surface area contributed by atoms with Crippen LogP contribution in [0.5, 0.6) is 0 Å². The van der Waals surface area contributed by atoms with Gasteiger partial charge in [0.05, 0.1) is 12.7 Å². The van der Waals surface area contributed by atoms with E-state index in [4.69, 9.17) is 0 Å². The first-order valence-corrected chi connectivity index (χ1v) is 5.84. The van der Waals surface area contributed by atoms with E-state index < -0.39 is 5.97 Å². The maximum Gasteiger partial charge on any atom is 0.339 e. The lowest BCUT2D eigenvalue weighted by Crippen LogP contribution is -2.03. The van der Waals surface area contributed by atoms with E-state index in [0.29, 0.717) is 22.7 Å². The van der Waals surface area contributed by atoms with Crippen molar-refractivity contribution < 1.29 is 9.53 Å². The minimum Gasteiger partial charge on any atom is -0.465 e. The second-order valence-corrected chi connectivity index (χ2v) is 4.06. The maximum absolute atomic E-state index is 11.5. The molecule has 0 bridgehead atoms. The number of rotatable bonds is 2. The molecule has 0 aliphatic rings. The van der Waals surface area contributed by atoms with Crippen molar-refractivity contribution in [2.24, 2.45) is 0 Å². The number of nitrogens with zero attached hydrogens (tertiary/aromatic N) is 5. The molecule has 0 aliphatic carbocycles. The number of hydrogen-bond acceptors (Lipinski definition) is 7. The molecule has 7 nitrogen and oxygen atoms in total. The van der Waals surface area contributed by atoms with E-state index in [0.717, 1.165) is 0 Å². The third-order valence-electron chi connectivity index (χ3n) is 2.41. The van der Waals surface area contributed by atoms with Gasteiger partial charge in [0.15, 0.2) is 11.5 Å². The van der Waals surface area contributed by atoms with Gasteiger partial charge in [0.1, 0.15) is 5.69 Å². The summed E-state index contributed by atoms with van der Waals surface area (Å²) in [7, 11) is 1.34. The molecule has 0 saturated carbocycles. The molecule has 0 spiro atoms. The molecule has 3 aromatic rings. The number of carbonyl (C=O) groups is 1. The Labute approximate surface area is 105 Å². The number of hydrogen-bond donors (Lipinski definition) is 0. The number of pyridine rings is 1. The van der Waals surface area contributed by atoms with E-state index >= 15 is 0 Å². The van der Waals surface area contributed by atoms with Gasteiger partial charge < -0.3 is 4.74 Å². The van der Waals surface area contributed by atoms with Crippen LogP contribution >= 0.6 is 11.5 Å². The van der Waals surface area contributed by atoms with Crippen LogP contribution in [-0.2, 0) is 4.74 Å². The predicted molar refractivity (Wildman–Crippen MR) is 63.2 cm³/mol. The summed E-state index contributed by atoms with van der Waals surface area (Å²) in [5.74, 6) is 0.137. The number of methoxy groups -OCH3 is 1. The highest BCUT2D eigenvalue weighted by Crippen LogP contribution is 2.17. The fourth-order valence-electron chi connectivity index (χ4n) is 1.57. The van der Waals surface area contributed by atoms with Crippen molar-refractivity contribution in [3.63, 3.8) is 0 Å². The summed E-state index contributed by atoms with van der Waals surface area (Å²) in [4.78, 5) is 11.5. The number of ether oxygens (including phenoxy) is 1. The van der Waals surface area contributed by atoms with Gasteiger partial charge in [-0.05, 0) is 23.7 Å². The second-order valence-electron chi connectivity index (χ2n) is 3.45. The quantitative estimate of drug-likeness (QED) is 0.641. The molecule has 0 radical (unpaired) electrons. The molecule has 0 atom stereocenters. The van der Waals surface area contributed by atoms with Gasteiger partial charge in [-0.3, -0.25) is 4.40 Å². The van der Waals surface area contributed by atoms with E-state index in [-0.39, 0.29) is 0 Å².